The summed E-state index contributed by atoms with van der Waals surface area (Å²) in [7, 11) is 1.28. The summed E-state index contributed by atoms with van der Waals surface area (Å²) in [5.41, 5.74) is 3.71. The molecule has 0 aliphatic heterocycles. The maximum absolute atomic E-state index is 11.8. The van der Waals surface area contributed by atoms with Crippen molar-refractivity contribution < 1.29 is 24.0 Å². The van der Waals surface area contributed by atoms with E-state index >= 15 is 0 Å². The number of nitro groups is 1. The second-order valence-electron chi connectivity index (χ2n) is 5.33. The van der Waals surface area contributed by atoms with Gasteiger partial charge in [0, 0.05) is 12.1 Å². The summed E-state index contributed by atoms with van der Waals surface area (Å²) in [6.45, 7) is -0.178. The Morgan fingerprint density at radius 3 is 2.41 bits per heavy atom. The maximum Gasteiger partial charge on any atom is 0.343 e. The van der Waals surface area contributed by atoms with Crippen LogP contribution in [0.2, 0.25) is 0 Å². The van der Waals surface area contributed by atoms with Gasteiger partial charge in [0.15, 0.2) is 6.61 Å². The van der Waals surface area contributed by atoms with E-state index in [1.54, 1.807) is 24.3 Å². The van der Waals surface area contributed by atoms with E-state index in [-0.39, 0.29) is 24.6 Å². The van der Waals surface area contributed by atoms with Crippen molar-refractivity contribution in [3.63, 3.8) is 0 Å². The number of ether oxygens (including phenoxy) is 2. The molecule has 0 radical (unpaired) electrons. The van der Waals surface area contributed by atoms with E-state index < -0.39 is 10.9 Å². The minimum Gasteiger partial charge on any atom is -0.482 e. The van der Waals surface area contributed by atoms with Crippen molar-refractivity contribution in [1.29, 1.82) is 0 Å². The maximum atomic E-state index is 11.8. The monoisotopic (exact) mass is 371 g/mol. The Labute approximate surface area is 154 Å². The lowest BCUT2D eigenvalue weighted by atomic mass is 10.1. The topological polar surface area (TPSA) is 120 Å². The quantitative estimate of drug-likeness (QED) is 0.327. The normalized spacial score (nSPS) is 10.4. The molecule has 0 fully saturated rings. The van der Waals surface area contributed by atoms with Crippen molar-refractivity contribution in [3.05, 3.63) is 69.8 Å². The fraction of sp³-hybridized carbons (Fsp3) is 0.167. The molecule has 0 unspecified atom stereocenters. The Morgan fingerprint density at radius 1 is 1.15 bits per heavy atom. The van der Waals surface area contributed by atoms with Crippen molar-refractivity contribution >= 4 is 23.8 Å². The van der Waals surface area contributed by atoms with Crippen molar-refractivity contribution in [3.8, 4) is 5.75 Å². The highest BCUT2D eigenvalue weighted by molar-refractivity contribution is 5.83. The number of rotatable bonds is 8. The first kappa shape index (κ1) is 19.6. The number of hydrogen-bond acceptors (Lipinski definition) is 7. The number of esters is 1. The van der Waals surface area contributed by atoms with Crippen molar-refractivity contribution in [2.75, 3.05) is 13.7 Å². The van der Waals surface area contributed by atoms with Crippen molar-refractivity contribution in [2.24, 2.45) is 5.10 Å². The first-order valence-corrected chi connectivity index (χ1v) is 7.83. The van der Waals surface area contributed by atoms with Crippen LogP contribution in [0.15, 0.2) is 53.6 Å². The summed E-state index contributed by atoms with van der Waals surface area (Å²) in [4.78, 5) is 32.9. The van der Waals surface area contributed by atoms with Crippen LogP contribution in [0.3, 0.4) is 0 Å². The first-order valence-electron chi connectivity index (χ1n) is 7.83. The van der Waals surface area contributed by atoms with Crippen LogP contribution in [0.25, 0.3) is 0 Å². The molecule has 9 heteroatoms. The molecule has 0 spiro atoms. The lowest BCUT2D eigenvalue weighted by molar-refractivity contribution is -0.384. The van der Waals surface area contributed by atoms with Crippen LogP contribution in [0, 0.1) is 10.1 Å². The molecule has 1 N–H and O–H groups in total. The number of non-ortho nitro benzene ring substituents is 1. The van der Waals surface area contributed by atoms with Crippen LogP contribution in [0.5, 0.6) is 5.75 Å². The second-order valence-corrected chi connectivity index (χ2v) is 5.33. The second kappa shape index (κ2) is 9.66. The molecule has 0 saturated heterocycles. The zero-order chi connectivity index (χ0) is 19.6. The van der Waals surface area contributed by atoms with E-state index in [1.807, 2.05) is 0 Å². The summed E-state index contributed by atoms with van der Waals surface area (Å²) in [5, 5.41) is 14.4. The molecule has 2 aromatic carbocycles. The van der Waals surface area contributed by atoms with Gasteiger partial charge in [-0.25, -0.2) is 10.2 Å². The van der Waals surface area contributed by atoms with Gasteiger partial charge in [-0.3, -0.25) is 14.9 Å². The highest BCUT2D eigenvalue weighted by atomic mass is 16.6. The summed E-state index contributed by atoms with van der Waals surface area (Å²) in [5.74, 6) is -0.325. The number of carbonyl (C=O) groups is 2. The van der Waals surface area contributed by atoms with Crippen LogP contribution in [-0.2, 0) is 20.7 Å². The van der Waals surface area contributed by atoms with Gasteiger partial charge in [-0.1, -0.05) is 12.1 Å². The summed E-state index contributed by atoms with van der Waals surface area (Å²) in [6, 6.07) is 12.5. The predicted molar refractivity (Wildman–Crippen MR) is 96.5 cm³/mol. The molecule has 0 aliphatic carbocycles. The van der Waals surface area contributed by atoms with E-state index in [9.17, 15) is 19.7 Å². The molecule has 1 amide bonds. The number of nitro benzene ring substituents is 1. The smallest absolute Gasteiger partial charge is 0.343 e. The number of nitrogens with zero attached hydrogens (tertiary/aromatic N) is 2. The van der Waals surface area contributed by atoms with Crippen molar-refractivity contribution in [2.45, 2.75) is 6.42 Å². The fourth-order valence-electron chi connectivity index (χ4n) is 1.99. The summed E-state index contributed by atoms with van der Waals surface area (Å²) in [6.07, 6.45) is 1.51. The standard InChI is InChI=1S/C18H17N3O6/c1-26-18(23)12-27-16-8-4-14(5-9-16)11-19-20-17(22)10-13-2-6-15(7-3-13)21(24)25/h2-9,11H,10,12H2,1H3,(H,20,22)/b19-11-. The molecule has 0 bridgehead atoms. The highest BCUT2D eigenvalue weighted by Crippen LogP contribution is 2.12. The third kappa shape index (κ3) is 6.58. The van der Waals surface area contributed by atoms with Gasteiger partial charge in [-0.2, -0.15) is 5.10 Å². The average molecular weight is 371 g/mol. The van der Waals surface area contributed by atoms with E-state index in [0.717, 1.165) is 5.56 Å². The lowest BCUT2D eigenvalue weighted by Gasteiger charge is -2.04. The lowest BCUT2D eigenvalue weighted by Crippen LogP contribution is -2.19. The third-order valence-corrected chi connectivity index (χ3v) is 3.38. The molecular formula is C18H17N3O6. The van der Waals surface area contributed by atoms with E-state index in [0.29, 0.717) is 11.3 Å². The molecule has 0 heterocycles. The number of benzene rings is 2. The molecule has 0 aliphatic rings. The molecule has 0 saturated carbocycles. The average Bonchev–Trinajstić information content (AvgIpc) is 2.67. The third-order valence-electron chi connectivity index (χ3n) is 3.38. The molecule has 2 aromatic rings. The molecule has 140 valence electrons. The SMILES string of the molecule is COC(=O)COc1ccc(/C=N\NC(=O)Cc2ccc([N+](=O)[O-])cc2)cc1. The summed E-state index contributed by atoms with van der Waals surface area (Å²) < 4.78 is 9.69. The van der Waals surface area contributed by atoms with Gasteiger partial charge in [0.1, 0.15) is 5.75 Å². The van der Waals surface area contributed by atoms with Gasteiger partial charge < -0.3 is 9.47 Å². The van der Waals surface area contributed by atoms with Gasteiger partial charge in [0.05, 0.1) is 24.7 Å². The molecule has 0 aromatic heterocycles. The minimum atomic E-state index is -0.500. The Balaban J connectivity index is 1.81. The first-order chi connectivity index (χ1) is 13.0. The number of hydrazone groups is 1. The highest BCUT2D eigenvalue weighted by Gasteiger charge is 2.06. The Bertz CT molecular complexity index is 831. The van der Waals surface area contributed by atoms with Gasteiger partial charge in [-0.05, 0) is 35.4 Å². The number of amides is 1. The zero-order valence-corrected chi connectivity index (χ0v) is 14.5. The molecule has 2 rings (SSSR count). The van der Waals surface area contributed by atoms with Gasteiger partial charge in [0.2, 0.25) is 5.91 Å². The van der Waals surface area contributed by atoms with Crippen LogP contribution < -0.4 is 10.2 Å². The number of carbonyl (C=O) groups excluding carboxylic acids is 2. The molecule has 0 atom stereocenters. The van der Waals surface area contributed by atoms with Gasteiger partial charge in [-0.15, -0.1) is 0 Å². The Kier molecular flexibility index (Phi) is 7.00. The van der Waals surface area contributed by atoms with Gasteiger partial charge >= 0.3 is 5.97 Å². The van der Waals surface area contributed by atoms with Crippen LogP contribution >= 0.6 is 0 Å². The molecular weight excluding hydrogens is 354 g/mol. The fourth-order valence-corrected chi connectivity index (χ4v) is 1.99. The number of nitrogens with one attached hydrogen (secondary N) is 1. The molecule has 9 nitrogen and oxygen atoms in total. The summed E-state index contributed by atoms with van der Waals surface area (Å²) >= 11 is 0. The van der Waals surface area contributed by atoms with Crippen molar-refractivity contribution in [1.82, 2.24) is 5.43 Å². The van der Waals surface area contributed by atoms with E-state index in [2.05, 4.69) is 15.3 Å². The largest absolute Gasteiger partial charge is 0.482 e. The minimum absolute atomic E-state index is 0.0313. The molecule has 27 heavy (non-hydrogen) atoms. The Hall–Kier alpha value is -3.75. The van der Waals surface area contributed by atoms with E-state index in [1.165, 1.54) is 37.6 Å². The van der Waals surface area contributed by atoms with Gasteiger partial charge in [0.25, 0.3) is 5.69 Å². The number of methoxy groups -OCH3 is 1. The Morgan fingerprint density at radius 2 is 1.81 bits per heavy atom. The van der Waals surface area contributed by atoms with E-state index in [4.69, 9.17) is 4.74 Å². The van der Waals surface area contributed by atoms with Crippen LogP contribution in [0.4, 0.5) is 5.69 Å². The zero-order valence-electron chi connectivity index (χ0n) is 14.5. The number of hydrogen-bond donors (Lipinski definition) is 1. The predicted octanol–water partition coefficient (Wildman–Crippen LogP) is 1.84. The van der Waals surface area contributed by atoms with Crippen LogP contribution in [0.1, 0.15) is 11.1 Å². The van der Waals surface area contributed by atoms with Crippen LogP contribution in [-0.4, -0.2) is 36.7 Å².